The maximum Gasteiger partial charge on any atom is 0.114 e. The second-order valence-electron chi connectivity index (χ2n) is 6.46. The standard InChI is InChI=1S/C22H26Cl2O5/c23-19-7-3-1-5-17(19)21-22(18-6-2-4-8-20(18)24)29-16-14-27-12-10-25-9-11-26-13-15-28-21/h1-8,21-22H,9-16H2/t21-,22-/m0/s1. The maximum atomic E-state index is 6.50. The van der Waals surface area contributed by atoms with Gasteiger partial charge in [0.1, 0.15) is 12.2 Å². The van der Waals surface area contributed by atoms with E-state index < -0.39 is 12.2 Å². The Morgan fingerprint density at radius 2 is 0.862 bits per heavy atom. The van der Waals surface area contributed by atoms with Gasteiger partial charge >= 0.3 is 0 Å². The van der Waals surface area contributed by atoms with Crippen molar-refractivity contribution in [3.05, 3.63) is 69.7 Å². The monoisotopic (exact) mass is 440 g/mol. The minimum atomic E-state index is -0.450. The first-order chi connectivity index (χ1) is 14.3. The summed E-state index contributed by atoms with van der Waals surface area (Å²) in [6.45, 7) is 3.71. The molecule has 158 valence electrons. The molecular weight excluding hydrogens is 415 g/mol. The van der Waals surface area contributed by atoms with Gasteiger partial charge in [-0.2, -0.15) is 0 Å². The lowest BCUT2D eigenvalue weighted by Gasteiger charge is -2.29. The molecule has 2 aromatic rings. The molecule has 5 nitrogen and oxygen atoms in total. The molecule has 0 amide bonds. The molecule has 0 unspecified atom stereocenters. The van der Waals surface area contributed by atoms with Crippen LogP contribution in [0.5, 0.6) is 0 Å². The summed E-state index contributed by atoms with van der Waals surface area (Å²) in [5.41, 5.74) is 1.68. The average Bonchev–Trinajstić information content (AvgIpc) is 2.74. The minimum absolute atomic E-state index is 0.386. The van der Waals surface area contributed by atoms with E-state index in [0.29, 0.717) is 62.9 Å². The largest absolute Gasteiger partial charge is 0.377 e. The lowest BCUT2D eigenvalue weighted by atomic mass is 9.97. The van der Waals surface area contributed by atoms with Crippen molar-refractivity contribution >= 4 is 23.2 Å². The SMILES string of the molecule is Clc1ccccc1[C@@H]1OCCOCCOCCOCCO[C@H]1c1ccccc1Cl. The number of hydrogen-bond donors (Lipinski definition) is 0. The van der Waals surface area contributed by atoms with Crippen molar-refractivity contribution in [3.8, 4) is 0 Å². The Balaban J connectivity index is 1.88. The highest BCUT2D eigenvalue weighted by molar-refractivity contribution is 6.31. The summed E-state index contributed by atoms with van der Waals surface area (Å²) in [4.78, 5) is 0. The molecule has 1 saturated heterocycles. The summed E-state index contributed by atoms with van der Waals surface area (Å²) in [6.07, 6.45) is -0.901. The van der Waals surface area contributed by atoms with Crippen molar-refractivity contribution in [2.75, 3.05) is 52.9 Å². The van der Waals surface area contributed by atoms with E-state index in [9.17, 15) is 0 Å². The molecule has 0 spiro atoms. The van der Waals surface area contributed by atoms with Crippen LogP contribution in [-0.4, -0.2) is 52.9 Å². The smallest absolute Gasteiger partial charge is 0.114 e. The summed E-state index contributed by atoms with van der Waals surface area (Å²) in [5.74, 6) is 0. The van der Waals surface area contributed by atoms with Gasteiger partial charge in [-0.1, -0.05) is 59.6 Å². The quantitative estimate of drug-likeness (QED) is 0.666. The summed E-state index contributed by atoms with van der Waals surface area (Å²) in [6, 6.07) is 15.2. The third-order valence-corrected chi connectivity index (χ3v) is 5.18. The second-order valence-corrected chi connectivity index (χ2v) is 7.28. The summed E-state index contributed by atoms with van der Waals surface area (Å²) < 4.78 is 29.1. The van der Waals surface area contributed by atoms with Gasteiger partial charge in [0.05, 0.1) is 52.9 Å². The van der Waals surface area contributed by atoms with Crippen LogP contribution in [0.3, 0.4) is 0 Å². The second kappa shape index (κ2) is 12.5. The fourth-order valence-corrected chi connectivity index (χ4v) is 3.59. The van der Waals surface area contributed by atoms with E-state index in [1.807, 2.05) is 48.5 Å². The molecule has 1 heterocycles. The van der Waals surface area contributed by atoms with Crippen LogP contribution in [0.1, 0.15) is 23.3 Å². The van der Waals surface area contributed by atoms with Crippen LogP contribution in [0.2, 0.25) is 10.0 Å². The van der Waals surface area contributed by atoms with E-state index in [2.05, 4.69) is 0 Å². The zero-order chi connectivity index (χ0) is 20.3. The van der Waals surface area contributed by atoms with E-state index in [1.165, 1.54) is 0 Å². The van der Waals surface area contributed by atoms with E-state index in [0.717, 1.165) is 11.1 Å². The van der Waals surface area contributed by atoms with Crippen LogP contribution in [0.15, 0.2) is 48.5 Å². The molecule has 0 N–H and O–H groups in total. The van der Waals surface area contributed by atoms with Gasteiger partial charge in [-0.05, 0) is 12.1 Å². The number of benzene rings is 2. The normalized spacial score (nSPS) is 23.1. The van der Waals surface area contributed by atoms with Gasteiger partial charge in [-0.25, -0.2) is 0 Å². The number of hydrogen-bond acceptors (Lipinski definition) is 5. The van der Waals surface area contributed by atoms with Crippen LogP contribution in [0.25, 0.3) is 0 Å². The van der Waals surface area contributed by atoms with Crippen molar-refractivity contribution in [3.63, 3.8) is 0 Å². The van der Waals surface area contributed by atoms with Crippen molar-refractivity contribution in [1.82, 2.24) is 0 Å². The lowest BCUT2D eigenvalue weighted by Crippen LogP contribution is -2.22. The fourth-order valence-electron chi connectivity index (χ4n) is 3.10. The van der Waals surface area contributed by atoms with Gasteiger partial charge in [-0.15, -0.1) is 0 Å². The molecule has 2 atom stereocenters. The van der Waals surface area contributed by atoms with Gasteiger partial charge in [0, 0.05) is 21.2 Å². The predicted octanol–water partition coefficient (Wildman–Crippen LogP) is 4.87. The Bertz CT molecular complexity index is 681. The molecule has 0 aromatic heterocycles. The molecule has 0 radical (unpaired) electrons. The first-order valence-electron chi connectivity index (χ1n) is 9.72. The molecular formula is C22H26Cl2O5. The number of halogens is 2. The highest BCUT2D eigenvalue weighted by Crippen LogP contribution is 2.40. The van der Waals surface area contributed by atoms with Gasteiger partial charge in [-0.3, -0.25) is 0 Å². The van der Waals surface area contributed by atoms with E-state index in [1.54, 1.807) is 0 Å². The van der Waals surface area contributed by atoms with Crippen LogP contribution in [-0.2, 0) is 23.7 Å². The van der Waals surface area contributed by atoms with Gasteiger partial charge in [0.2, 0.25) is 0 Å². The minimum Gasteiger partial charge on any atom is -0.377 e. The van der Waals surface area contributed by atoms with Crippen molar-refractivity contribution in [2.45, 2.75) is 12.2 Å². The highest BCUT2D eigenvalue weighted by atomic mass is 35.5. The molecule has 2 aromatic carbocycles. The van der Waals surface area contributed by atoms with E-state index in [4.69, 9.17) is 46.9 Å². The Morgan fingerprint density at radius 1 is 0.517 bits per heavy atom. The summed E-state index contributed by atoms with van der Waals surface area (Å²) in [5, 5.41) is 1.23. The molecule has 0 bridgehead atoms. The van der Waals surface area contributed by atoms with Crippen LogP contribution >= 0.6 is 23.2 Å². The Hall–Kier alpha value is -1.18. The number of rotatable bonds is 2. The van der Waals surface area contributed by atoms with Crippen LogP contribution in [0.4, 0.5) is 0 Å². The zero-order valence-corrected chi connectivity index (χ0v) is 17.7. The third-order valence-electron chi connectivity index (χ3n) is 4.49. The maximum absolute atomic E-state index is 6.50. The highest BCUT2D eigenvalue weighted by Gasteiger charge is 2.30. The lowest BCUT2D eigenvalue weighted by molar-refractivity contribution is -0.0970. The van der Waals surface area contributed by atoms with Crippen LogP contribution in [0, 0.1) is 0 Å². The van der Waals surface area contributed by atoms with Gasteiger partial charge in [0.25, 0.3) is 0 Å². The predicted molar refractivity (Wildman–Crippen MR) is 113 cm³/mol. The van der Waals surface area contributed by atoms with E-state index >= 15 is 0 Å². The molecule has 3 rings (SSSR count). The van der Waals surface area contributed by atoms with E-state index in [-0.39, 0.29) is 0 Å². The molecule has 7 heteroatoms. The molecule has 1 fully saturated rings. The molecule has 0 aliphatic carbocycles. The average molecular weight is 441 g/mol. The topological polar surface area (TPSA) is 46.2 Å². The summed E-state index contributed by atoms with van der Waals surface area (Å²) >= 11 is 13.0. The van der Waals surface area contributed by atoms with Crippen molar-refractivity contribution < 1.29 is 23.7 Å². The molecule has 0 saturated carbocycles. The Morgan fingerprint density at radius 3 is 1.24 bits per heavy atom. The zero-order valence-electron chi connectivity index (χ0n) is 16.2. The Labute approximate surface area is 181 Å². The van der Waals surface area contributed by atoms with Gasteiger partial charge in [0.15, 0.2) is 0 Å². The summed E-state index contributed by atoms with van der Waals surface area (Å²) in [7, 11) is 0. The third kappa shape index (κ3) is 6.93. The molecule has 1 aliphatic heterocycles. The fraction of sp³-hybridized carbons (Fsp3) is 0.455. The van der Waals surface area contributed by atoms with Crippen LogP contribution < -0.4 is 0 Å². The first-order valence-corrected chi connectivity index (χ1v) is 10.5. The Kier molecular flexibility index (Phi) is 9.70. The van der Waals surface area contributed by atoms with Gasteiger partial charge < -0.3 is 23.7 Å². The molecule has 1 aliphatic rings. The molecule has 29 heavy (non-hydrogen) atoms. The first kappa shape index (κ1) is 22.5. The van der Waals surface area contributed by atoms with Crippen molar-refractivity contribution in [1.29, 1.82) is 0 Å². The number of ether oxygens (including phenoxy) is 5. The van der Waals surface area contributed by atoms with Crippen molar-refractivity contribution in [2.24, 2.45) is 0 Å².